The number of fused-ring (bicyclic) bond motifs is 1. The zero-order chi connectivity index (χ0) is 25.5. The summed E-state index contributed by atoms with van der Waals surface area (Å²) in [5.41, 5.74) is 8.36. The van der Waals surface area contributed by atoms with Crippen LogP contribution >= 0.6 is 11.6 Å². The number of pyridine rings is 1. The van der Waals surface area contributed by atoms with Gasteiger partial charge < -0.3 is 19.5 Å². The fraction of sp³-hybridized carbons (Fsp3) is 0.310. The van der Waals surface area contributed by atoms with Crippen LogP contribution in [0.3, 0.4) is 0 Å². The Balaban J connectivity index is 0.000000197. The van der Waals surface area contributed by atoms with Crippen LogP contribution in [0.5, 0.6) is 0 Å². The summed E-state index contributed by atoms with van der Waals surface area (Å²) >= 11 is 5.95. The molecule has 188 valence electrons. The minimum absolute atomic E-state index is 0.578. The van der Waals surface area contributed by atoms with Gasteiger partial charge in [-0.25, -0.2) is 4.98 Å². The molecule has 36 heavy (non-hydrogen) atoms. The SMILES string of the molecule is CCc1nc2cc(C)ccn2c1C.O=CNCc1ccc(N2CCN(c3ccc(Cl)cc3)CC2)cc1. The number of halogens is 1. The van der Waals surface area contributed by atoms with E-state index in [1.54, 1.807) is 0 Å². The summed E-state index contributed by atoms with van der Waals surface area (Å²) in [5, 5.41) is 3.46. The van der Waals surface area contributed by atoms with E-state index in [1.807, 2.05) is 12.1 Å². The van der Waals surface area contributed by atoms with Gasteiger partial charge in [-0.1, -0.05) is 30.7 Å². The highest BCUT2D eigenvalue weighted by molar-refractivity contribution is 6.30. The van der Waals surface area contributed by atoms with Crippen molar-refractivity contribution in [3.63, 3.8) is 0 Å². The van der Waals surface area contributed by atoms with Crippen molar-refractivity contribution < 1.29 is 4.79 Å². The Labute approximate surface area is 218 Å². The first kappa shape index (κ1) is 25.6. The van der Waals surface area contributed by atoms with Crippen LogP contribution in [-0.2, 0) is 17.8 Å². The van der Waals surface area contributed by atoms with Crippen LogP contribution in [-0.4, -0.2) is 42.0 Å². The molecule has 0 atom stereocenters. The van der Waals surface area contributed by atoms with Crippen LogP contribution in [0.2, 0.25) is 5.02 Å². The van der Waals surface area contributed by atoms with Crippen molar-refractivity contribution in [2.75, 3.05) is 36.0 Å². The molecule has 3 heterocycles. The van der Waals surface area contributed by atoms with Gasteiger partial charge in [0.2, 0.25) is 6.41 Å². The lowest BCUT2D eigenvalue weighted by Gasteiger charge is -2.37. The van der Waals surface area contributed by atoms with Crippen molar-refractivity contribution in [2.45, 2.75) is 33.7 Å². The van der Waals surface area contributed by atoms with Crippen LogP contribution in [0, 0.1) is 13.8 Å². The van der Waals surface area contributed by atoms with Crippen molar-refractivity contribution in [3.8, 4) is 0 Å². The molecule has 4 aromatic rings. The predicted octanol–water partition coefficient (Wildman–Crippen LogP) is 5.43. The molecule has 0 radical (unpaired) electrons. The molecule has 1 aliphatic heterocycles. The van der Waals surface area contributed by atoms with Crippen molar-refractivity contribution in [2.24, 2.45) is 0 Å². The van der Waals surface area contributed by atoms with Gasteiger partial charge in [0.05, 0.1) is 5.69 Å². The number of anilines is 2. The van der Waals surface area contributed by atoms with E-state index >= 15 is 0 Å². The number of amides is 1. The van der Waals surface area contributed by atoms with Crippen LogP contribution in [0.15, 0.2) is 66.9 Å². The summed E-state index contributed by atoms with van der Waals surface area (Å²) < 4.78 is 2.14. The molecule has 7 heteroatoms. The molecule has 2 aromatic heterocycles. The normalized spacial score (nSPS) is 13.3. The summed E-state index contributed by atoms with van der Waals surface area (Å²) in [4.78, 5) is 19.7. The second kappa shape index (κ2) is 12.0. The number of aromatic nitrogens is 2. The third-order valence-electron chi connectivity index (χ3n) is 6.62. The Hall–Kier alpha value is -3.51. The van der Waals surface area contributed by atoms with Gasteiger partial charge in [-0.3, -0.25) is 4.79 Å². The fourth-order valence-corrected chi connectivity index (χ4v) is 4.64. The van der Waals surface area contributed by atoms with Gasteiger partial charge in [-0.15, -0.1) is 0 Å². The van der Waals surface area contributed by atoms with E-state index in [0.717, 1.165) is 55.2 Å². The molecule has 0 unspecified atom stereocenters. The average Bonchev–Trinajstić information content (AvgIpc) is 3.23. The summed E-state index contributed by atoms with van der Waals surface area (Å²) in [6, 6.07) is 20.6. The van der Waals surface area contributed by atoms with E-state index in [9.17, 15) is 4.79 Å². The lowest BCUT2D eigenvalue weighted by Crippen LogP contribution is -2.46. The molecule has 2 aromatic carbocycles. The quantitative estimate of drug-likeness (QED) is 0.357. The van der Waals surface area contributed by atoms with Crippen molar-refractivity contribution in [3.05, 3.63) is 94.4 Å². The van der Waals surface area contributed by atoms with E-state index in [0.29, 0.717) is 6.54 Å². The Kier molecular flexibility index (Phi) is 8.49. The Bertz CT molecular complexity index is 1280. The van der Waals surface area contributed by atoms with Gasteiger partial charge >= 0.3 is 0 Å². The van der Waals surface area contributed by atoms with Gasteiger partial charge in [-0.2, -0.15) is 0 Å². The molecule has 1 N–H and O–H groups in total. The molecule has 1 fully saturated rings. The average molecular weight is 504 g/mol. The standard InChI is InChI=1S/C18H20ClN3O.C11H14N2/c19-16-3-7-18(8-4-16)22-11-9-21(10-12-22)17-5-1-15(2-6-17)13-20-14-23;1-4-10-9(3)13-6-5-8(2)7-11(13)12-10/h1-8,14H,9-13H2,(H,20,23);5-7H,4H2,1-3H3. The zero-order valence-corrected chi connectivity index (χ0v) is 22.0. The number of imidazole rings is 1. The molecule has 5 rings (SSSR count). The third kappa shape index (κ3) is 6.18. The number of aryl methyl sites for hydroxylation is 3. The third-order valence-corrected chi connectivity index (χ3v) is 6.87. The molecule has 1 amide bonds. The van der Waals surface area contributed by atoms with Gasteiger partial charge in [0.25, 0.3) is 0 Å². The first-order valence-corrected chi connectivity index (χ1v) is 12.8. The number of carbonyl (C=O) groups is 1. The van der Waals surface area contributed by atoms with Crippen LogP contribution in [0.25, 0.3) is 5.65 Å². The maximum absolute atomic E-state index is 10.3. The number of rotatable bonds is 6. The lowest BCUT2D eigenvalue weighted by atomic mass is 10.1. The van der Waals surface area contributed by atoms with E-state index in [-0.39, 0.29) is 0 Å². The van der Waals surface area contributed by atoms with Crippen LogP contribution < -0.4 is 15.1 Å². The maximum atomic E-state index is 10.3. The molecule has 0 bridgehead atoms. The molecule has 0 aliphatic carbocycles. The number of nitrogens with zero attached hydrogens (tertiary/aromatic N) is 4. The number of benzene rings is 2. The number of nitrogens with one attached hydrogen (secondary N) is 1. The van der Waals surface area contributed by atoms with Gasteiger partial charge in [0, 0.05) is 61.0 Å². The van der Waals surface area contributed by atoms with Crippen LogP contribution in [0.1, 0.15) is 29.4 Å². The summed E-state index contributed by atoms with van der Waals surface area (Å²) in [5.74, 6) is 0. The number of hydrogen-bond donors (Lipinski definition) is 1. The summed E-state index contributed by atoms with van der Waals surface area (Å²) in [6.45, 7) is 10.9. The van der Waals surface area contributed by atoms with E-state index in [1.165, 1.54) is 28.3 Å². The number of hydrogen-bond acceptors (Lipinski definition) is 4. The largest absolute Gasteiger partial charge is 0.368 e. The van der Waals surface area contributed by atoms with E-state index in [4.69, 9.17) is 11.6 Å². The highest BCUT2D eigenvalue weighted by Crippen LogP contribution is 2.22. The minimum atomic E-state index is 0.578. The van der Waals surface area contributed by atoms with Crippen molar-refractivity contribution in [1.82, 2.24) is 14.7 Å². The lowest BCUT2D eigenvalue weighted by molar-refractivity contribution is -0.109. The first-order valence-electron chi connectivity index (χ1n) is 12.4. The number of carbonyl (C=O) groups excluding carboxylic acids is 1. The Morgan fingerprint density at radius 1 is 0.917 bits per heavy atom. The molecule has 0 spiro atoms. The van der Waals surface area contributed by atoms with Crippen molar-refractivity contribution in [1.29, 1.82) is 0 Å². The monoisotopic (exact) mass is 503 g/mol. The highest BCUT2D eigenvalue weighted by atomic mass is 35.5. The molecular weight excluding hydrogens is 470 g/mol. The summed E-state index contributed by atoms with van der Waals surface area (Å²) in [7, 11) is 0. The Morgan fingerprint density at radius 3 is 2.06 bits per heavy atom. The second-order valence-corrected chi connectivity index (χ2v) is 9.48. The second-order valence-electron chi connectivity index (χ2n) is 9.05. The molecule has 6 nitrogen and oxygen atoms in total. The Morgan fingerprint density at radius 2 is 1.50 bits per heavy atom. The van der Waals surface area contributed by atoms with E-state index < -0.39 is 0 Å². The topological polar surface area (TPSA) is 52.9 Å². The molecule has 1 saturated heterocycles. The van der Waals surface area contributed by atoms with Gasteiger partial charge in [0.15, 0.2) is 0 Å². The molecule has 1 aliphatic rings. The molecule has 0 saturated carbocycles. The molecular formula is C29H34ClN5O. The number of piperazine rings is 1. The fourth-order valence-electron chi connectivity index (χ4n) is 4.51. The zero-order valence-electron chi connectivity index (χ0n) is 21.2. The van der Waals surface area contributed by atoms with Crippen LogP contribution in [0.4, 0.5) is 11.4 Å². The van der Waals surface area contributed by atoms with Gasteiger partial charge in [-0.05, 0) is 79.9 Å². The highest BCUT2D eigenvalue weighted by Gasteiger charge is 2.17. The smallest absolute Gasteiger partial charge is 0.207 e. The maximum Gasteiger partial charge on any atom is 0.207 e. The summed E-state index contributed by atoms with van der Waals surface area (Å²) in [6.07, 6.45) is 3.82. The minimum Gasteiger partial charge on any atom is -0.368 e. The van der Waals surface area contributed by atoms with E-state index in [2.05, 4.69) is 100 Å². The first-order chi connectivity index (χ1) is 17.5. The van der Waals surface area contributed by atoms with Crippen molar-refractivity contribution >= 4 is 35.0 Å². The predicted molar refractivity (Wildman–Crippen MR) is 149 cm³/mol. The van der Waals surface area contributed by atoms with Gasteiger partial charge in [0.1, 0.15) is 5.65 Å².